The highest BCUT2D eigenvalue weighted by atomic mass is 32.2. The number of carbonyl (C=O) groups excluding carboxylic acids is 1. The normalized spacial score (nSPS) is 21.9. The second-order valence-electron chi connectivity index (χ2n) is 14.7. The van der Waals surface area contributed by atoms with E-state index in [1.54, 1.807) is 30.6 Å². The second-order valence-corrected chi connectivity index (χ2v) is 16.4. The number of sulfonamides is 1. The van der Waals surface area contributed by atoms with Crippen molar-refractivity contribution in [3.63, 3.8) is 0 Å². The number of amides is 1. The first-order valence-electron chi connectivity index (χ1n) is 18.1. The van der Waals surface area contributed by atoms with Crippen molar-refractivity contribution in [3.05, 3.63) is 83.3 Å². The largest absolute Gasteiger partial charge is 0.475 e. The number of aromatic nitrogens is 4. The molecule has 0 spiro atoms. The van der Waals surface area contributed by atoms with Gasteiger partial charge in [0.05, 0.1) is 40.8 Å². The second kappa shape index (κ2) is 14.2. The van der Waals surface area contributed by atoms with Gasteiger partial charge in [0.15, 0.2) is 0 Å². The zero-order valence-corrected chi connectivity index (χ0v) is 30.9. The van der Waals surface area contributed by atoms with Gasteiger partial charge in [-0.25, -0.2) is 23.1 Å². The van der Waals surface area contributed by atoms with Crippen LogP contribution in [0.4, 0.5) is 11.8 Å². The van der Waals surface area contributed by atoms with E-state index in [9.17, 15) is 13.2 Å². The molecule has 268 valence electrons. The van der Waals surface area contributed by atoms with E-state index in [0.717, 1.165) is 60.3 Å². The zero-order chi connectivity index (χ0) is 35.9. The van der Waals surface area contributed by atoms with Crippen molar-refractivity contribution in [2.75, 3.05) is 23.3 Å². The molecule has 1 amide bonds. The zero-order valence-electron chi connectivity index (χ0n) is 30.0. The number of rotatable bonds is 6. The highest BCUT2D eigenvalue weighted by molar-refractivity contribution is 7.92. The van der Waals surface area contributed by atoms with Crippen LogP contribution >= 0.6 is 0 Å². The summed E-state index contributed by atoms with van der Waals surface area (Å²) in [5.74, 6) is 1.14. The van der Waals surface area contributed by atoms with Crippen LogP contribution < -0.4 is 14.4 Å². The number of fused-ring (bicyclic) bond motifs is 5. The van der Waals surface area contributed by atoms with Crippen molar-refractivity contribution in [1.29, 1.82) is 0 Å². The molecule has 1 saturated heterocycles. The number of anilines is 2. The number of nitrogens with one attached hydrogen (secondary N) is 1. The van der Waals surface area contributed by atoms with Crippen molar-refractivity contribution in [1.82, 2.24) is 24.8 Å². The van der Waals surface area contributed by atoms with Gasteiger partial charge in [-0.1, -0.05) is 44.5 Å². The van der Waals surface area contributed by atoms with Gasteiger partial charge < -0.3 is 14.5 Å². The number of aryl methyl sites for hydroxylation is 2. The van der Waals surface area contributed by atoms with Crippen LogP contribution in [0.3, 0.4) is 0 Å². The Balaban J connectivity index is 1.39. The predicted molar refractivity (Wildman–Crippen MR) is 197 cm³/mol. The van der Waals surface area contributed by atoms with Crippen molar-refractivity contribution in [3.8, 4) is 17.1 Å². The summed E-state index contributed by atoms with van der Waals surface area (Å²) in [6.07, 6.45) is 10.4. The molecule has 1 aliphatic carbocycles. The number of ether oxygens (including phenoxy) is 1. The minimum Gasteiger partial charge on any atom is -0.475 e. The Bertz CT molecular complexity index is 2010. The molecular formula is C39H47N7O4S. The van der Waals surface area contributed by atoms with E-state index in [-0.39, 0.29) is 46.8 Å². The van der Waals surface area contributed by atoms with Gasteiger partial charge >= 0.3 is 0 Å². The molecule has 7 rings (SSSR count). The van der Waals surface area contributed by atoms with Crippen LogP contribution in [0.5, 0.6) is 5.88 Å². The lowest BCUT2D eigenvalue weighted by atomic mass is 9.87. The fourth-order valence-electron chi connectivity index (χ4n) is 7.89. The number of benzene rings is 2. The van der Waals surface area contributed by atoms with Gasteiger partial charge in [-0.2, -0.15) is 4.98 Å². The Kier molecular flexibility index (Phi) is 9.71. The Morgan fingerprint density at radius 2 is 1.71 bits per heavy atom. The predicted octanol–water partition coefficient (Wildman–Crippen LogP) is 7.13. The summed E-state index contributed by atoms with van der Waals surface area (Å²) in [6, 6.07) is 13.6. The van der Waals surface area contributed by atoms with Gasteiger partial charge in [0, 0.05) is 30.3 Å². The molecule has 2 aliphatic heterocycles. The Morgan fingerprint density at radius 1 is 0.961 bits per heavy atom. The smallest absolute Gasteiger partial charge is 0.264 e. The molecule has 12 heteroatoms. The lowest BCUT2D eigenvalue weighted by Gasteiger charge is -2.40. The fourth-order valence-corrected chi connectivity index (χ4v) is 8.88. The monoisotopic (exact) mass is 709 g/mol. The van der Waals surface area contributed by atoms with Crippen LogP contribution in [0.2, 0.25) is 0 Å². The summed E-state index contributed by atoms with van der Waals surface area (Å²) in [4.78, 5) is 38.0. The van der Waals surface area contributed by atoms with Crippen molar-refractivity contribution >= 4 is 27.7 Å². The van der Waals surface area contributed by atoms with E-state index in [4.69, 9.17) is 9.72 Å². The third-order valence-electron chi connectivity index (χ3n) is 10.7. The van der Waals surface area contributed by atoms with Gasteiger partial charge in [0.25, 0.3) is 15.9 Å². The molecule has 4 bridgehead atoms. The fraction of sp³-hybridized carbons (Fsp3) is 0.462. The van der Waals surface area contributed by atoms with Crippen LogP contribution in [0, 0.1) is 25.7 Å². The first-order chi connectivity index (χ1) is 24.5. The quantitative estimate of drug-likeness (QED) is 0.222. The van der Waals surface area contributed by atoms with Crippen LogP contribution in [-0.2, 0) is 10.0 Å². The van der Waals surface area contributed by atoms with Crippen LogP contribution in [0.25, 0.3) is 11.3 Å². The maximum atomic E-state index is 15.0. The van der Waals surface area contributed by atoms with Crippen LogP contribution in [-0.4, -0.2) is 64.9 Å². The van der Waals surface area contributed by atoms with Gasteiger partial charge in [0.2, 0.25) is 11.8 Å². The molecule has 2 aromatic heterocycles. The van der Waals surface area contributed by atoms with Crippen LogP contribution in [0.15, 0.2) is 65.8 Å². The third-order valence-corrected chi connectivity index (χ3v) is 12.0. The number of hydrogen-bond donors (Lipinski definition) is 1. The standard InChI is InChI=1S/C39H47N7O4S/c1-24(2)18-27-12-8-17-33(32-21-40-22-35(41-32)45(5)29-14-9-15-29)46-34(27)23-50-36-20-31(37-25(3)10-6-11-26(37)4)42-39(43-36)44-51(48,49)30-16-7-13-28(19-30)38(46)47/h6-7,10-11,13,16,19-22,24,27,29,33-34H,8-9,12,14-15,17-18,23H2,1-5H3,(H,42,43,44)/t27-,33+,34+/m0/s1. The number of carbonyl (C=O) groups is 1. The minimum absolute atomic E-state index is 0.0540. The van der Waals surface area contributed by atoms with Gasteiger partial charge in [-0.05, 0) is 93.5 Å². The van der Waals surface area contributed by atoms with E-state index >= 15 is 0 Å². The lowest BCUT2D eigenvalue weighted by Crippen LogP contribution is -2.49. The average molecular weight is 710 g/mol. The van der Waals surface area contributed by atoms with Gasteiger partial charge in [-0.3, -0.25) is 9.78 Å². The van der Waals surface area contributed by atoms with Crippen LogP contribution in [0.1, 0.15) is 92.0 Å². The van der Waals surface area contributed by atoms with E-state index in [2.05, 4.69) is 45.5 Å². The summed E-state index contributed by atoms with van der Waals surface area (Å²) in [5, 5.41) is 0. The van der Waals surface area contributed by atoms with E-state index in [0.29, 0.717) is 24.1 Å². The molecule has 0 unspecified atom stereocenters. The topological polar surface area (TPSA) is 131 Å². The molecule has 2 aromatic carbocycles. The molecule has 4 heterocycles. The molecule has 51 heavy (non-hydrogen) atoms. The maximum Gasteiger partial charge on any atom is 0.264 e. The first kappa shape index (κ1) is 34.9. The summed E-state index contributed by atoms with van der Waals surface area (Å²) < 4.78 is 36.9. The van der Waals surface area contributed by atoms with Crippen molar-refractivity contribution in [2.45, 2.75) is 95.7 Å². The summed E-state index contributed by atoms with van der Waals surface area (Å²) in [7, 11) is -2.12. The maximum absolute atomic E-state index is 15.0. The van der Waals surface area contributed by atoms with Gasteiger partial charge in [0.1, 0.15) is 12.4 Å². The summed E-state index contributed by atoms with van der Waals surface area (Å²) in [5.41, 5.74) is 4.41. The highest BCUT2D eigenvalue weighted by Crippen LogP contribution is 2.40. The summed E-state index contributed by atoms with van der Waals surface area (Å²) in [6.45, 7) is 8.55. The molecule has 3 atom stereocenters. The van der Waals surface area contributed by atoms with E-state index < -0.39 is 16.1 Å². The molecule has 11 nitrogen and oxygen atoms in total. The first-order valence-corrected chi connectivity index (χ1v) is 19.6. The van der Waals surface area contributed by atoms with E-state index in [1.807, 2.05) is 36.9 Å². The minimum atomic E-state index is -4.18. The van der Waals surface area contributed by atoms with Crippen molar-refractivity contribution in [2.24, 2.45) is 11.8 Å². The van der Waals surface area contributed by atoms with Gasteiger partial charge in [-0.15, -0.1) is 0 Å². The average Bonchev–Trinajstić information content (AvgIpc) is 3.24. The number of nitrogens with zero attached hydrogens (tertiary/aromatic N) is 6. The summed E-state index contributed by atoms with van der Waals surface area (Å²) >= 11 is 0. The molecule has 0 radical (unpaired) electrons. The van der Waals surface area contributed by atoms with E-state index in [1.165, 1.54) is 18.6 Å². The third kappa shape index (κ3) is 7.15. The molecule has 1 N–H and O–H groups in total. The Hall–Kier alpha value is -4.58. The molecular weight excluding hydrogens is 663 g/mol. The van der Waals surface area contributed by atoms with Crippen molar-refractivity contribution < 1.29 is 17.9 Å². The number of hydrogen-bond acceptors (Lipinski definition) is 9. The Labute approximate surface area is 301 Å². The molecule has 2 fully saturated rings. The molecule has 1 saturated carbocycles. The SMILES string of the molecule is Cc1cccc(C)c1-c1cc2nc(n1)NS(=O)(=O)c1cccc(c1)C(=O)N1[C@@H](c3cncc(N(C)C4CCC4)n3)CCC[C@@H](CC(C)C)[C@H]1CO2. The lowest BCUT2D eigenvalue weighted by molar-refractivity contribution is 0.0353. The molecule has 3 aliphatic rings. The Morgan fingerprint density at radius 3 is 2.43 bits per heavy atom. The molecule has 4 aromatic rings. The highest BCUT2D eigenvalue weighted by Gasteiger charge is 2.41.